The van der Waals surface area contributed by atoms with E-state index in [1.807, 2.05) is 0 Å². The number of benzene rings is 1. The summed E-state index contributed by atoms with van der Waals surface area (Å²) in [6.07, 6.45) is 0.475. The van der Waals surface area contributed by atoms with Gasteiger partial charge in [0, 0.05) is 21.5 Å². The number of sulfonamides is 1. The van der Waals surface area contributed by atoms with Crippen LogP contribution in [0.4, 0.5) is 4.39 Å². The second kappa shape index (κ2) is 6.31. The maximum Gasteiger partial charge on any atom is 0.318 e. The van der Waals surface area contributed by atoms with Gasteiger partial charge in [-0.15, -0.1) is 11.3 Å². The quantitative estimate of drug-likeness (QED) is 0.873. The summed E-state index contributed by atoms with van der Waals surface area (Å²) in [5, 5.41) is 10.7. The van der Waals surface area contributed by atoms with Crippen molar-refractivity contribution in [3.05, 3.63) is 29.4 Å². The number of thiophene rings is 1. The molecule has 8 heteroatoms. The van der Waals surface area contributed by atoms with E-state index in [0.29, 0.717) is 11.1 Å². The third-order valence-electron chi connectivity index (χ3n) is 3.46. The Morgan fingerprint density at radius 3 is 2.73 bits per heavy atom. The molecule has 0 aliphatic heterocycles. The van der Waals surface area contributed by atoms with Gasteiger partial charge in [-0.2, -0.15) is 4.31 Å². The molecule has 5 nitrogen and oxygen atoms in total. The number of carboxylic acids is 1. The Morgan fingerprint density at radius 1 is 1.45 bits per heavy atom. The van der Waals surface area contributed by atoms with Crippen molar-refractivity contribution in [2.24, 2.45) is 0 Å². The normalized spacial score (nSPS) is 13.6. The van der Waals surface area contributed by atoms with E-state index >= 15 is 0 Å². The molecule has 0 aliphatic rings. The molecule has 1 N–H and O–H groups in total. The van der Waals surface area contributed by atoms with Gasteiger partial charge in [0.1, 0.15) is 17.3 Å². The number of carboxylic acid groups (broad SMARTS) is 1. The minimum Gasteiger partial charge on any atom is -0.480 e. The second-order valence-corrected chi connectivity index (χ2v) is 7.71. The van der Waals surface area contributed by atoms with Gasteiger partial charge in [-0.25, -0.2) is 12.8 Å². The van der Waals surface area contributed by atoms with Crippen LogP contribution in [0, 0.1) is 5.82 Å². The number of nitrogens with zero attached hydrogens (tertiary/aromatic N) is 1. The summed E-state index contributed by atoms with van der Waals surface area (Å²) in [6.45, 7) is 2.81. The fraction of sp³-hybridized carbons (Fsp3) is 0.357. The third kappa shape index (κ3) is 3.13. The molecular weight excluding hydrogens is 329 g/mol. The van der Waals surface area contributed by atoms with Gasteiger partial charge in [0.15, 0.2) is 0 Å². The molecule has 2 rings (SSSR count). The lowest BCUT2D eigenvalue weighted by Crippen LogP contribution is -2.41. The Hall–Kier alpha value is -1.51. The zero-order valence-corrected chi connectivity index (χ0v) is 13.7. The third-order valence-corrected chi connectivity index (χ3v) is 6.57. The highest BCUT2D eigenvalue weighted by molar-refractivity contribution is 7.89. The summed E-state index contributed by atoms with van der Waals surface area (Å²) in [5.74, 6) is -1.76. The molecule has 120 valence electrons. The first kappa shape index (κ1) is 16.9. The Labute approximate surface area is 132 Å². The molecule has 0 spiro atoms. The van der Waals surface area contributed by atoms with Crippen LogP contribution in [0.1, 0.15) is 20.3 Å². The average Bonchev–Trinajstić information content (AvgIpc) is 2.87. The Bertz CT molecular complexity index is 800. The number of hydrogen-bond donors (Lipinski definition) is 1. The van der Waals surface area contributed by atoms with E-state index in [4.69, 9.17) is 5.11 Å². The zero-order valence-electron chi connectivity index (χ0n) is 12.1. The molecule has 0 radical (unpaired) electrons. The van der Waals surface area contributed by atoms with Crippen LogP contribution in [-0.4, -0.2) is 36.4 Å². The topological polar surface area (TPSA) is 74.7 Å². The van der Waals surface area contributed by atoms with Crippen LogP contribution in [0.15, 0.2) is 28.5 Å². The molecule has 0 fully saturated rings. The van der Waals surface area contributed by atoms with Crippen LogP contribution >= 0.6 is 11.3 Å². The van der Waals surface area contributed by atoms with Crippen molar-refractivity contribution in [2.45, 2.75) is 31.2 Å². The smallest absolute Gasteiger partial charge is 0.318 e. The number of rotatable bonds is 6. The van der Waals surface area contributed by atoms with Crippen molar-refractivity contribution >= 4 is 37.4 Å². The van der Waals surface area contributed by atoms with Crippen molar-refractivity contribution in [1.82, 2.24) is 4.31 Å². The van der Waals surface area contributed by atoms with Crippen LogP contribution in [0.3, 0.4) is 0 Å². The van der Waals surface area contributed by atoms with Crippen molar-refractivity contribution in [2.75, 3.05) is 6.54 Å². The largest absolute Gasteiger partial charge is 0.480 e. The Kier molecular flexibility index (Phi) is 4.84. The predicted octanol–water partition coefficient (Wildman–Crippen LogP) is 2.91. The van der Waals surface area contributed by atoms with Crippen LogP contribution in [-0.2, 0) is 14.8 Å². The lowest BCUT2D eigenvalue weighted by molar-refractivity contribution is -0.137. The first-order valence-corrected chi connectivity index (χ1v) is 8.99. The van der Waals surface area contributed by atoms with E-state index in [1.165, 1.54) is 28.8 Å². The predicted molar refractivity (Wildman–Crippen MR) is 83.1 cm³/mol. The average molecular weight is 345 g/mol. The number of hydrogen-bond acceptors (Lipinski definition) is 4. The Balaban J connectivity index is 2.58. The molecule has 0 amide bonds. The molecule has 0 aliphatic carbocycles. The number of fused-ring (bicyclic) bond motifs is 1. The van der Waals surface area contributed by atoms with Gasteiger partial charge in [0.2, 0.25) is 10.0 Å². The van der Waals surface area contributed by atoms with Gasteiger partial charge < -0.3 is 5.11 Å². The lowest BCUT2D eigenvalue weighted by Gasteiger charge is -2.25. The SMILES string of the molecule is CCC(C)N(CC(=O)O)S(=O)(=O)c1csc2ccc(F)cc12. The molecule has 22 heavy (non-hydrogen) atoms. The summed E-state index contributed by atoms with van der Waals surface area (Å²) in [7, 11) is -4.01. The maximum atomic E-state index is 13.4. The molecule has 0 saturated carbocycles. The van der Waals surface area contributed by atoms with E-state index < -0.39 is 34.4 Å². The Morgan fingerprint density at radius 2 is 2.14 bits per heavy atom. The highest BCUT2D eigenvalue weighted by Crippen LogP contribution is 2.32. The van der Waals surface area contributed by atoms with E-state index in [1.54, 1.807) is 13.8 Å². The van der Waals surface area contributed by atoms with Gasteiger partial charge >= 0.3 is 5.97 Å². The minimum atomic E-state index is -4.01. The van der Waals surface area contributed by atoms with Crippen molar-refractivity contribution in [3.8, 4) is 0 Å². The number of halogens is 1. The van der Waals surface area contributed by atoms with Crippen molar-refractivity contribution < 1.29 is 22.7 Å². The zero-order chi connectivity index (χ0) is 16.5. The molecule has 1 heterocycles. The summed E-state index contributed by atoms with van der Waals surface area (Å²) in [6, 6.07) is 3.47. The fourth-order valence-corrected chi connectivity index (χ4v) is 5.22. The summed E-state index contributed by atoms with van der Waals surface area (Å²) >= 11 is 1.19. The van der Waals surface area contributed by atoms with Gasteiger partial charge in [-0.3, -0.25) is 4.79 Å². The molecule has 0 saturated heterocycles. The van der Waals surface area contributed by atoms with Gasteiger partial charge in [0.25, 0.3) is 0 Å². The molecule has 2 aromatic rings. The van der Waals surface area contributed by atoms with Crippen LogP contribution in [0.25, 0.3) is 10.1 Å². The van der Waals surface area contributed by atoms with E-state index in [-0.39, 0.29) is 10.3 Å². The molecular formula is C14H16FNO4S2. The molecule has 1 aromatic heterocycles. The maximum absolute atomic E-state index is 13.4. The molecule has 1 unspecified atom stereocenters. The minimum absolute atomic E-state index is 0.0476. The molecule has 1 aromatic carbocycles. The molecule has 0 bridgehead atoms. The van der Waals surface area contributed by atoms with E-state index in [2.05, 4.69) is 0 Å². The summed E-state index contributed by atoms with van der Waals surface area (Å²) in [5.41, 5.74) is 0. The fourth-order valence-electron chi connectivity index (χ4n) is 2.12. The first-order valence-electron chi connectivity index (χ1n) is 6.67. The van der Waals surface area contributed by atoms with E-state index in [0.717, 1.165) is 10.4 Å². The van der Waals surface area contributed by atoms with Crippen LogP contribution < -0.4 is 0 Å². The van der Waals surface area contributed by atoms with Crippen LogP contribution in [0.2, 0.25) is 0 Å². The second-order valence-electron chi connectivity index (χ2n) is 4.94. The summed E-state index contributed by atoms with van der Waals surface area (Å²) < 4.78 is 40.6. The van der Waals surface area contributed by atoms with Gasteiger partial charge in [-0.1, -0.05) is 6.92 Å². The van der Waals surface area contributed by atoms with Gasteiger partial charge in [-0.05, 0) is 31.5 Å². The highest BCUT2D eigenvalue weighted by Gasteiger charge is 2.32. The highest BCUT2D eigenvalue weighted by atomic mass is 32.2. The monoisotopic (exact) mass is 345 g/mol. The lowest BCUT2D eigenvalue weighted by atomic mass is 10.2. The summed E-state index contributed by atoms with van der Waals surface area (Å²) in [4.78, 5) is 11.0. The first-order chi connectivity index (χ1) is 10.3. The molecule has 1 atom stereocenters. The van der Waals surface area contributed by atoms with Crippen molar-refractivity contribution in [1.29, 1.82) is 0 Å². The van der Waals surface area contributed by atoms with Crippen molar-refractivity contribution in [3.63, 3.8) is 0 Å². The number of carbonyl (C=O) groups is 1. The standard InChI is InChI=1S/C14H16FNO4S2/c1-3-9(2)16(7-14(17)18)22(19,20)13-8-21-12-5-4-10(15)6-11(12)13/h4-6,8-9H,3,7H2,1-2H3,(H,17,18). The van der Waals surface area contributed by atoms with E-state index in [9.17, 15) is 17.6 Å². The van der Waals surface area contributed by atoms with Gasteiger partial charge in [0.05, 0.1) is 0 Å². The van der Waals surface area contributed by atoms with Crippen LogP contribution in [0.5, 0.6) is 0 Å². The number of aliphatic carboxylic acids is 1.